The summed E-state index contributed by atoms with van der Waals surface area (Å²) in [4.78, 5) is 50.6. The van der Waals surface area contributed by atoms with Gasteiger partial charge in [0.25, 0.3) is 0 Å². The molecule has 0 radical (unpaired) electrons. The van der Waals surface area contributed by atoms with Crippen molar-refractivity contribution in [2.45, 2.75) is 112 Å². The minimum atomic E-state index is -1.02. The fraction of sp³-hybridized carbons (Fsp3) is 0.688. The Balaban J connectivity index is 2.09. The molecule has 41 heavy (non-hydrogen) atoms. The second kappa shape index (κ2) is 15.9. The molecule has 9 heteroatoms. The number of rotatable bonds is 13. The van der Waals surface area contributed by atoms with Gasteiger partial charge in [-0.25, -0.2) is 0 Å². The molecule has 0 heterocycles. The van der Waals surface area contributed by atoms with E-state index in [1.807, 2.05) is 27.7 Å². The van der Waals surface area contributed by atoms with E-state index in [1.165, 1.54) is 6.07 Å². The molecular formula is C32H49NO8. The molecule has 9 nitrogen and oxygen atoms in total. The van der Waals surface area contributed by atoms with Crippen molar-refractivity contribution < 1.29 is 38.1 Å². The first-order chi connectivity index (χ1) is 19.2. The number of benzene rings is 1. The van der Waals surface area contributed by atoms with Gasteiger partial charge < -0.3 is 24.7 Å². The monoisotopic (exact) mass is 575 g/mol. The van der Waals surface area contributed by atoms with Crippen LogP contribution < -0.4 is 15.2 Å². The van der Waals surface area contributed by atoms with Crippen molar-refractivity contribution in [3.63, 3.8) is 0 Å². The summed E-state index contributed by atoms with van der Waals surface area (Å²) in [6.45, 7) is 14.6. The molecule has 1 aromatic carbocycles. The van der Waals surface area contributed by atoms with E-state index in [4.69, 9.17) is 24.7 Å². The fourth-order valence-electron chi connectivity index (χ4n) is 4.21. The van der Waals surface area contributed by atoms with Crippen LogP contribution in [0.3, 0.4) is 0 Å². The Hall–Kier alpha value is -2.94. The maximum absolute atomic E-state index is 12.8. The molecule has 1 aliphatic rings. The van der Waals surface area contributed by atoms with Crippen LogP contribution in [0.15, 0.2) is 18.2 Å². The standard InChI is InChI=1S/C32H49NO8/c1-18(2)20(5)29(34)40-27-15-14-24(17-28(27)41-30(35)21(6)19(3)4)16-26(33)32(37)39-23(8)22(7)38-31(36)25-12-10-9-11-13-25/h14-15,17-23,25-26H,9-13,16,33H2,1-8H3/t20?,21?,22?,23-,26-/m0/s1. The first kappa shape index (κ1) is 34.3. The first-order valence-corrected chi connectivity index (χ1v) is 14.9. The molecule has 0 bridgehead atoms. The van der Waals surface area contributed by atoms with Crippen LogP contribution in [0.5, 0.6) is 11.5 Å². The van der Waals surface area contributed by atoms with E-state index in [1.54, 1.807) is 39.8 Å². The van der Waals surface area contributed by atoms with E-state index in [0.717, 1.165) is 32.1 Å². The number of carbonyl (C=O) groups excluding carboxylic acids is 4. The zero-order valence-electron chi connectivity index (χ0n) is 25.9. The molecular weight excluding hydrogens is 526 g/mol. The Kier molecular flexibility index (Phi) is 13.3. The molecule has 1 aromatic rings. The Labute approximate surface area is 244 Å². The number of esters is 4. The molecule has 3 unspecified atom stereocenters. The Morgan fingerprint density at radius 3 is 1.78 bits per heavy atom. The first-order valence-electron chi connectivity index (χ1n) is 14.9. The number of ether oxygens (including phenoxy) is 4. The van der Waals surface area contributed by atoms with Crippen molar-refractivity contribution in [1.82, 2.24) is 0 Å². The summed E-state index contributed by atoms with van der Waals surface area (Å²) in [5, 5.41) is 0. The van der Waals surface area contributed by atoms with Crippen molar-refractivity contribution in [2.75, 3.05) is 0 Å². The third-order valence-corrected chi connectivity index (χ3v) is 8.13. The lowest BCUT2D eigenvalue weighted by Crippen LogP contribution is -2.40. The molecule has 1 fully saturated rings. The molecule has 1 aliphatic carbocycles. The van der Waals surface area contributed by atoms with Gasteiger partial charge in [-0.1, -0.05) is 66.9 Å². The van der Waals surface area contributed by atoms with Gasteiger partial charge in [-0.2, -0.15) is 0 Å². The third-order valence-electron chi connectivity index (χ3n) is 8.13. The maximum atomic E-state index is 12.8. The summed E-state index contributed by atoms with van der Waals surface area (Å²) in [5.74, 6) is -2.31. The van der Waals surface area contributed by atoms with E-state index in [2.05, 4.69) is 0 Å². The summed E-state index contributed by atoms with van der Waals surface area (Å²) in [5.41, 5.74) is 6.76. The average Bonchev–Trinajstić information content (AvgIpc) is 2.93. The van der Waals surface area contributed by atoms with Crippen molar-refractivity contribution in [1.29, 1.82) is 0 Å². The second-order valence-electron chi connectivity index (χ2n) is 12.1. The molecule has 1 saturated carbocycles. The Bertz CT molecular complexity index is 1050. The van der Waals surface area contributed by atoms with Crippen LogP contribution in [-0.2, 0) is 35.1 Å². The van der Waals surface area contributed by atoms with Crippen LogP contribution in [0.4, 0.5) is 0 Å². The lowest BCUT2D eigenvalue weighted by atomic mass is 9.89. The summed E-state index contributed by atoms with van der Waals surface area (Å²) in [7, 11) is 0. The summed E-state index contributed by atoms with van der Waals surface area (Å²) in [6, 6.07) is 3.73. The molecule has 2 rings (SSSR count). The second-order valence-corrected chi connectivity index (χ2v) is 12.1. The van der Waals surface area contributed by atoms with Gasteiger partial charge in [0.05, 0.1) is 17.8 Å². The maximum Gasteiger partial charge on any atom is 0.323 e. The highest BCUT2D eigenvalue weighted by Gasteiger charge is 2.29. The normalized spacial score (nSPS) is 17.7. The van der Waals surface area contributed by atoms with Gasteiger partial charge in [-0.15, -0.1) is 0 Å². The molecule has 0 amide bonds. The van der Waals surface area contributed by atoms with Crippen LogP contribution in [0.2, 0.25) is 0 Å². The number of hydrogen-bond donors (Lipinski definition) is 1. The Morgan fingerprint density at radius 2 is 1.24 bits per heavy atom. The largest absolute Gasteiger partial charge is 0.459 e. The van der Waals surface area contributed by atoms with Crippen molar-refractivity contribution in [2.24, 2.45) is 35.3 Å². The van der Waals surface area contributed by atoms with Crippen molar-refractivity contribution in [3.8, 4) is 11.5 Å². The van der Waals surface area contributed by atoms with Gasteiger partial charge in [0.1, 0.15) is 18.2 Å². The highest BCUT2D eigenvalue weighted by molar-refractivity contribution is 5.79. The van der Waals surface area contributed by atoms with Crippen LogP contribution in [0.25, 0.3) is 0 Å². The minimum absolute atomic E-state index is 0.0483. The molecule has 0 aliphatic heterocycles. The molecule has 0 saturated heterocycles. The average molecular weight is 576 g/mol. The predicted molar refractivity (Wildman–Crippen MR) is 155 cm³/mol. The third kappa shape index (κ3) is 10.4. The van der Waals surface area contributed by atoms with Gasteiger partial charge >= 0.3 is 23.9 Å². The van der Waals surface area contributed by atoms with Crippen LogP contribution in [-0.4, -0.2) is 42.1 Å². The van der Waals surface area contributed by atoms with Crippen LogP contribution in [0, 0.1) is 29.6 Å². The number of carbonyl (C=O) groups is 4. The quantitative estimate of drug-likeness (QED) is 0.243. The smallest absolute Gasteiger partial charge is 0.323 e. The lowest BCUT2D eigenvalue weighted by molar-refractivity contribution is -0.169. The summed E-state index contributed by atoms with van der Waals surface area (Å²) in [6.07, 6.45) is 3.62. The SMILES string of the molecule is CC(C)C(C)C(=O)Oc1ccc(C[C@H](N)C(=O)O[C@@H](C)C(C)OC(=O)C2CCCCC2)cc1OC(=O)C(C)C(C)C. The van der Waals surface area contributed by atoms with Gasteiger partial charge in [-0.3, -0.25) is 19.2 Å². The Morgan fingerprint density at radius 1 is 0.732 bits per heavy atom. The van der Waals surface area contributed by atoms with Crippen molar-refractivity contribution in [3.05, 3.63) is 23.8 Å². The highest BCUT2D eigenvalue weighted by atomic mass is 16.6. The summed E-state index contributed by atoms with van der Waals surface area (Å²) >= 11 is 0. The van der Waals surface area contributed by atoms with Gasteiger partial charge in [0.15, 0.2) is 11.5 Å². The van der Waals surface area contributed by atoms with Crippen LogP contribution >= 0.6 is 0 Å². The van der Waals surface area contributed by atoms with Crippen molar-refractivity contribution >= 4 is 23.9 Å². The zero-order valence-corrected chi connectivity index (χ0v) is 25.9. The highest BCUT2D eigenvalue weighted by Crippen LogP contribution is 2.32. The van der Waals surface area contributed by atoms with E-state index < -0.39 is 36.2 Å². The zero-order chi connectivity index (χ0) is 30.9. The fourth-order valence-corrected chi connectivity index (χ4v) is 4.21. The van der Waals surface area contributed by atoms with Gasteiger partial charge in [-0.05, 0) is 62.6 Å². The van der Waals surface area contributed by atoms with E-state index >= 15 is 0 Å². The van der Waals surface area contributed by atoms with Crippen LogP contribution in [0.1, 0.15) is 93.1 Å². The van der Waals surface area contributed by atoms with Gasteiger partial charge in [0, 0.05) is 0 Å². The lowest BCUT2D eigenvalue weighted by Gasteiger charge is -2.26. The van der Waals surface area contributed by atoms with Gasteiger partial charge in [0.2, 0.25) is 0 Å². The molecule has 230 valence electrons. The number of hydrogen-bond acceptors (Lipinski definition) is 9. The van der Waals surface area contributed by atoms with E-state index in [0.29, 0.717) is 5.56 Å². The van der Waals surface area contributed by atoms with E-state index in [9.17, 15) is 19.2 Å². The summed E-state index contributed by atoms with van der Waals surface area (Å²) < 4.78 is 22.3. The topological polar surface area (TPSA) is 131 Å². The molecule has 0 spiro atoms. The van der Waals surface area contributed by atoms with E-state index in [-0.39, 0.29) is 53.5 Å². The molecule has 2 N–H and O–H groups in total. The number of nitrogens with two attached hydrogens (primary N) is 1. The minimum Gasteiger partial charge on any atom is -0.459 e. The molecule has 5 atom stereocenters. The predicted octanol–water partition coefficient (Wildman–Crippen LogP) is 5.40. The molecule has 0 aromatic heterocycles.